The highest BCUT2D eigenvalue weighted by molar-refractivity contribution is 5.64. The molecule has 0 atom stereocenters. The van der Waals surface area contributed by atoms with E-state index in [-0.39, 0.29) is 30.0 Å². The Morgan fingerprint density at radius 3 is 3.13 bits per heavy atom. The van der Waals surface area contributed by atoms with Gasteiger partial charge in [-0.05, 0) is 6.07 Å². The van der Waals surface area contributed by atoms with Crippen molar-refractivity contribution in [2.75, 3.05) is 5.73 Å². The number of aromatic nitrogens is 2. The second-order valence-electron chi connectivity index (χ2n) is 3.39. The molecule has 0 bridgehead atoms. The molecule has 5 heteroatoms. The van der Waals surface area contributed by atoms with Crippen LogP contribution in [0.15, 0.2) is 22.7 Å². The van der Waals surface area contributed by atoms with Gasteiger partial charge in [-0.15, -0.1) is 0 Å². The molecule has 0 spiro atoms. The van der Waals surface area contributed by atoms with Crippen molar-refractivity contribution in [3.8, 4) is 11.3 Å². The van der Waals surface area contributed by atoms with Gasteiger partial charge in [0.1, 0.15) is 0 Å². The van der Waals surface area contributed by atoms with E-state index in [4.69, 9.17) is 10.2 Å². The van der Waals surface area contributed by atoms with E-state index in [1.165, 1.54) is 5.69 Å². The number of H-pyrrole nitrogens is 1. The summed E-state index contributed by atoms with van der Waals surface area (Å²) in [5.74, 6) is 0.820. The van der Waals surface area contributed by atoms with Crippen LogP contribution in [0.3, 0.4) is 0 Å². The number of nitrogens with two attached hydrogens (primary N) is 1. The summed E-state index contributed by atoms with van der Waals surface area (Å²) in [5.41, 5.74) is 8.77. The molecule has 0 aromatic carbocycles. The number of oxazole rings is 1. The smallest absolute Gasteiger partial charge is 0.292 e. The van der Waals surface area contributed by atoms with Crippen molar-refractivity contribution >= 4 is 6.01 Å². The Morgan fingerprint density at radius 2 is 2.27 bits per heavy atom. The van der Waals surface area contributed by atoms with Gasteiger partial charge in [-0.3, -0.25) is 0 Å². The van der Waals surface area contributed by atoms with Crippen LogP contribution in [0, 0.1) is 0 Å². The van der Waals surface area contributed by atoms with E-state index < -0.39 is 0 Å². The Balaban J connectivity index is 0.000000853. The standard InChI is InChI=1S/C10H9N3O.HI/c11-10-13-8-4-3-7-6(9(8)14-10)2-1-5-12-7;/h1-2,5H,3-4H2,(H2,11,13);1H. The SMILES string of the molecule is Nc1nc2c(o1)-c1ccc[nH+]c1CC2.[I-]. The Labute approximate surface area is 104 Å². The summed E-state index contributed by atoms with van der Waals surface area (Å²) in [6.07, 6.45) is 3.78. The fourth-order valence-electron chi connectivity index (χ4n) is 1.88. The maximum Gasteiger partial charge on any atom is 0.292 e. The second-order valence-corrected chi connectivity index (χ2v) is 3.39. The molecule has 0 saturated heterocycles. The lowest BCUT2D eigenvalue weighted by atomic mass is 9.98. The molecule has 4 nitrogen and oxygen atoms in total. The van der Waals surface area contributed by atoms with Crippen molar-refractivity contribution in [3.05, 3.63) is 29.7 Å². The number of nitrogens with zero attached hydrogens (tertiary/aromatic N) is 1. The van der Waals surface area contributed by atoms with Gasteiger partial charge in [0.15, 0.2) is 17.7 Å². The van der Waals surface area contributed by atoms with Crippen LogP contribution in [0.1, 0.15) is 11.4 Å². The molecule has 0 saturated carbocycles. The quantitative estimate of drug-likeness (QED) is 0.563. The fraction of sp³-hybridized carbons (Fsp3) is 0.200. The van der Waals surface area contributed by atoms with Crippen molar-refractivity contribution in [1.29, 1.82) is 0 Å². The molecule has 15 heavy (non-hydrogen) atoms. The van der Waals surface area contributed by atoms with Crippen molar-refractivity contribution in [3.63, 3.8) is 0 Å². The van der Waals surface area contributed by atoms with Gasteiger partial charge in [0, 0.05) is 18.9 Å². The van der Waals surface area contributed by atoms with Gasteiger partial charge in [0.2, 0.25) is 0 Å². The Bertz CT molecular complexity index is 495. The molecular weight excluding hydrogens is 305 g/mol. The summed E-state index contributed by atoms with van der Waals surface area (Å²) in [6.45, 7) is 0. The molecule has 0 amide bonds. The zero-order chi connectivity index (χ0) is 9.54. The first-order valence-electron chi connectivity index (χ1n) is 4.60. The number of hydrogen-bond donors (Lipinski definition) is 1. The van der Waals surface area contributed by atoms with Gasteiger partial charge in [-0.2, -0.15) is 4.98 Å². The summed E-state index contributed by atoms with van der Waals surface area (Å²) < 4.78 is 5.38. The van der Waals surface area contributed by atoms with Crippen molar-refractivity contribution in [2.45, 2.75) is 12.8 Å². The average Bonchev–Trinajstić information content (AvgIpc) is 2.59. The van der Waals surface area contributed by atoms with Gasteiger partial charge in [-0.25, -0.2) is 4.98 Å². The maximum atomic E-state index is 5.53. The van der Waals surface area contributed by atoms with Gasteiger partial charge in [-0.1, -0.05) is 0 Å². The molecule has 0 unspecified atom stereocenters. The van der Waals surface area contributed by atoms with Crippen LogP contribution in [0.25, 0.3) is 11.3 Å². The summed E-state index contributed by atoms with van der Waals surface area (Å²) in [5, 5.41) is 0. The Kier molecular flexibility index (Phi) is 2.64. The highest BCUT2D eigenvalue weighted by Gasteiger charge is 2.25. The lowest BCUT2D eigenvalue weighted by Crippen LogP contribution is -3.00. The molecule has 0 fully saturated rings. The predicted molar refractivity (Wildman–Crippen MR) is 50.3 cm³/mol. The highest BCUT2D eigenvalue weighted by Crippen LogP contribution is 2.32. The van der Waals surface area contributed by atoms with Crippen LogP contribution >= 0.6 is 0 Å². The maximum absolute atomic E-state index is 5.53. The third-order valence-electron chi connectivity index (χ3n) is 2.51. The fourth-order valence-corrected chi connectivity index (χ4v) is 1.88. The Morgan fingerprint density at radius 1 is 1.40 bits per heavy atom. The van der Waals surface area contributed by atoms with Gasteiger partial charge in [0.05, 0.1) is 11.3 Å². The summed E-state index contributed by atoms with van der Waals surface area (Å²) in [7, 11) is 0. The van der Waals surface area contributed by atoms with Crippen LogP contribution < -0.4 is 34.7 Å². The zero-order valence-corrected chi connectivity index (χ0v) is 10.1. The molecule has 78 valence electrons. The van der Waals surface area contributed by atoms with Crippen molar-refractivity contribution < 1.29 is 33.4 Å². The summed E-state index contributed by atoms with van der Waals surface area (Å²) >= 11 is 0. The molecule has 0 aliphatic heterocycles. The zero-order valence-electron chi connectivity index (χ0n) is 7.96. The lowest BCUT2D eigenvalue weighted by Gasteiger charge is -2.07. The topological polar surface area (TPSA) is 66.2 Å². The van der Waals surface area contributed by atoms with Crippen molar-refractivity contribution in [2.24, 2.45) is 0 Å². The summed E-state index contributed by atoms with van der Waals surface area (Å²) in [6, 6.07) is 4.23. The Hall–Kier alpha value is -1.11. The monoisotopic (exact) mass is 315 g/mol. The van der Waals surface area contributed by atoms with Gasteiger partial charge >= 0.3 is 0 Å². The van der Waals surface area contributed by atoms with Crippen molar-refractivity contribution in [1.82, 2.24) is 4.98 Å². The first kappa shape index (κ1) is 10.4. The molecule has 1 aliphatic rings. The van der Waals surface area contributed by atoms with Crippen LogP contribution in [0.2, 0.25) is 0 Å². The van der Waals surface area contributed by atoms with E-state index in [1.54, 1.807) is 0 Å². The van der Waals surface area contributed by atoms with E-state index in [9.17, 15) is 0 Å². The number of rotatable bonds is 0. The number of fused-ring (bicyclic) bond motifs is 3. The third kappa shape index (κ3) is 1.60. The van der Waals surface area contributed by atoms with E-state index in [0.717, 1.165) is 29.9 Å². The average molecular weight is 315 g/mol. The number of pyridine rings is 1. The third-order valence-corrected chi connectivity index (χ3v) is 2.51. The summed E-state index contributed by atoms with van der Waals surface area (Å²) in [4.78, 5) is 7.36. The number of halogens is 1. The molecule has 2 aromatic rings. The van der Waals surface area contributed by atoms with Crippen LogP contribution in [0.5, 0.6) is 0 Å². The number of hydrogen-bond acceptors (Lipinski definition) is 3. The largest absolute Gasteiger partial charge is 1.00 e. The number of aryl methyl sites for hydroxylation is 2. The lowest BCUT2D eigenvalue weighted by molar-refractivity contribution is -0.389. The van der Waals surface area contributed by atoms with E-state index >= 15 is 0 Å². The molecule has 2 aromatic heterocycles. The minimum absolute atomic E-state index is 0. The molecule has 1 aliphatic carbocycles. The van der Waals surface area contributed by atoms with Crippen LogP contribution in [0.4, 0.5) is 6.01 Å². The minimum Gasteiger partial charge on any atom is -1.00 e. The van der Waals surface area contributed by atoms with Crippen LogP contribution in [-0.2, 0) is 12.8 Å². The number of nitrogen functional groups attached to an aromatic ring is 1. The molecule has 0 radical (unpaired) electrons. The molecule has 3 N–H and O–H groups in total. The first-order chi connectivity index (χ1) is 6.84. The second kappa shape index (κ2) is 3.80. The number of nitrogens with one attached hydrogen (secondary N) is 1. The van der Waals surface area contributed by atoms with Gasteiger partial charge < -0.3 is 34.1 Å². The van der Waals surface area contributed by atoms with Gasteiger partial charge in [0.25, 0.3) is 6.01 Å². The van der Waals surface area contributed by atoms with E-state index in [1.807, 2.05) is 18.3 Å². The normalized spacial score (nSPS) is 12.5. The number of aromatic amines is 1. The minimum atomic E-state index is 0. The molecule has 2 heterocycles. The van der Waals surface area contributed by atoms with E-state index in [2.05, 4.69) is 9.97 Å². The molecular formula is C10H10IN3O. The van der Waals surface area contributed by atoms with Crippen LogP contribution in [-0.4, -0.2) is 4.98 Å². The molecule has 3 rings (SSSR count). The first-order valence-corrected chi connectivity index (χ1v) is 4.60. The number of anilines is 1. The highest BCUT2D eigenvalue weighted by atomic mass is 127. The predicted octanol–water partition coefficient (Wildman–Crippen LogP) is -2.16. The van der Waals surface area contributed by atoms with E-state index in [0.29, 0.717) is 0 Å².